The van der Waals surface area contributed by atoms with Crippen molar-refractivity contribution in [2.45, 2.75) is 6.92 Å². The number of halogens is 1. The molecule has 0 saturated heterocycles. The highest BCUT2D eigenvalue weighted by molar-refractivity contribution is 9.10. The molecule has 4 heteroatoms. The van der Waals surface area contributed by atoms with Gasteiger partial charge in [0.1, 0.15) is 6.07 Å². The lowest BCUT2D eigenvalue weighted by Gasteiger charge is -2.13. The van der Waals surface area contributed by atoms with Gasteiger partial charge in [-0.15, -0.1) is 0 Å². The van der Waals surface area contributed by atoms with E-state index in [1.54, 1.807) is 0 Å². The standard InChI is InChI=1S/C12H15BrN2S/c1-9(8-16-2)7-15-12-5-3-4-11(13)10(12)6-14/h3-5,9,15H,7-8H2,1-2H3. The lowest BCUT2D eigenvalue weighted by Crippen LogP contribution is -2.14. The molecule has 1 atom stereocenters. The zero-order valence-electron chi connectivity index (χ0n) is 9.46. The van der Waals surface area contributed by atoms with Gasteiger partial charge in [-0.1, -0.05) is 13.0 Å². The van der Waals surface area contributed by atoms with Crippen molar-refractivity contribution in [3.8, 4) is 6.07 Å². The Morgan fingerprint density at radius 2 is 2.31 bits per heavy atom. The predicted molar refractivity (Wildman–Crippen MR) is 74.9 cm³/mol. The molecule has 0 heterocycles. The summed E-state index contributed by atoms with van der Waals surface area (Å²) in [5, 5.41) is 12.4. The van der Waals surface area contributed by atoms with Crippen molar-refractivity contribution in [1.29, 1.82) is 5.26 Å². The molecule has 0 aromatic heterocycles. The molecule has 86 valence electrons. The molecular formula is C12H15BrN2S. The van der Waals surface area contributed by atoms with E-state index in [0.717, 1.165) is 22.5 Å². The smallest absolute Gasteiger partial charge is 0.103 e. The van der Waals surface area contributed by atoms with Gasteiger partial charge in [0.05, 0.1) is 11.3 Å². The second-order valence-corrected chi connectivity index (χ2v) is 5.48. The lowest BCUT2D eigenvalue weighted by molar-refractivity contribution is 0.701. The summed E-state index contributed by atoms with van der Waals surface area (Å²) in [7, 11) is 0. The van der Waals surface area contributed by atoms with Crippen LogP contribution in [0.25, 0.3) is 0 Å². The van der Waals surface area contributed by atoms with Crippen LogP contribution in [0.3, 0.4) is 0 Å². The maximum Gasteiger partial charge on any atom is 0.103 e. The molecule has 1 aromatic rings. The summed E-state index contributed by atoms with van der Waals surface area (Å²) in [5.41, 5.74) is 1.59. The molecule has 0 radical (unpaired) electrons. The number of rotatable bonds is 5. The van der Waals surface area contributed by atoms with Gasteiger partial charge in [-0.3, -0.25) is 0 Å². The van der Waals surface area contributed by atoms with Crippen molar-refractivity contribution >= 4 is 33.4 Å². The number of benzene rings is 1. The van der Waals surface area contributed by atoms with Crippen LogP contribution in [0.15, 0.2) is 22.7 Å². The molecule has 0 aliphatic heterocycles. The summed E-state index contributed by atoms with van der Waals surface area (Å²) in [6.45, 7) is 3.10. The summed E-state index contributed by atoms with van der Waals surface area (Å²) in [6.07, 6.45) is 2.11. The number of anilines is 1. The van der Waals surface area contributed by atoms with Gasteiger partial charge < -0.3 is 5.32 Å². The Morgan fingerprint density at radius 3 is 2.94 bits per heavy atom. The zero-order valence-corrected chi connectivity index (χ0v) is 11.9. The van der Waals surface area contributed by atoms with Crippen LogP contribution >= 0.6 is 27.7 Å². The number of hydrogen-bond donors (Lipinski definition) is 1. The quantitative estimate of drug-likeness (QED) is 0.900. The van der Waals surface area contributed by atoms with E-state index in [1.165, 1.54) is 0 Å². The first-order chi connectivity index (χ1) is 7.69. The largest absolute Gasteiger partial charge is 0.384 e. The van der Waals surface area contributed by atoms with Crippen LogP contribution in [0.5, 0.6) is 0 Å². The first kappa shape index (κ1) is 13.4. The number of thioether (sulfide) groups is 1. The number of nitriles is 1. The molecule has 16 heavy (non-hydrogen) atoms. The fourth-order valence-electron chi connectivity index (χ4n) is 1.41. The second-order valence-electron chi connectivity index (χ2n) is 3.72. The van der Waals surface area contributed by atoms with Crippen molar-refractivity contribution < 1.29 is 0 Å². The van der Waals surface area contributed by atoms with Crippen molar-refractivity contribution in [1.82, 2.24) is 0 Å². The van der Waals surface area contributed by atoms with Crippen LogP contribution in [0.1, 0.15) is 12.5 Å². The van der Waals surface area contributed by atoms with Crippen molar-refractivity contribution in [2.75, 3.05) is 23.9 Å². The second kappa shape index (κ2) is 6.82. The Hall–Kier alpha value is -0.660. The first-order valence-corrected chi connectivity index (χ1v) is 7.29. The van der Waals surface area contributed by atoms with Gasteiger partial charge in [-0.05, 0) is 46.0 Å². The Labute approximate surface area is 110 Å². The predicted octanol–water partition coefficient (Wildman–Crippen LogP) is 3.73. The third-order valence-corrected chi connectivity index (χ3v) is 3.78. The Kier molecular flexibility index (Phi) is 5.72. The minimum absolute atomic E-state index is 0.598. The normalized spacial score (nSPS) is 11.9. The highest BCUT2D eigenvalue weighted by Gasteiger charge is 2.07. The fourth-order valence-corrected chi connectivity index (χ4v) is 2.55. The average Bonchev–Trinajstić information content (AvgIpc) is 2.27. The molecule has 1 unspecified atom stereocenters. The van der Waals surface area contributed by atoms with E-state index >= 15 is 0 Å². The van der Waals surface area contributed by atoms with Gasteiger partial charge in [0.2, 0.25) is 0 Å². The van der Waals surface area contributed by atoms with E-state index in [9.17, 15) is 0 Å². The summed E-state index contributed by atoms with van der Waals surface area (Å²) in [4.78, 5) is 0. The topological polar surface area (TPSA) is 35.8 Å². The Balaban J connectivity index is 2.67. The number of nitrogens with one attached hydrogen (secondary N) is 1. The minimum atomic E-state index is 0.598. The van der Waals surface area contributed by atoms with Crippen LogP contribution in [-0.2, 0) is 0 Å². The summed E-state index contributed by atoms with van der Waals surface area (Å²) in [6, 6.07) is 7.97. The van der Waals surface area contributed by atoms with Gasteiger partial charge in [-0.2, -0.15) is 17.0 Å². The molecule has 0 bridgehead atoms. The highest BCUT2D eigenvalue weighted by atomic mass is 79.9. The van der Waals surface area contributed by atoms with E-state index < -0.39 is 0 Å². The Morgan fingerprint density at radius 1 is 1.56 bits per heavy atom. The van der Waals surface area contributed by atoms with Crippen LogP contribution < -0.4 is 5.32 Å². The molecule has 1 N–H and O–H groups in total. The van der Waals surface area contributed by atoms with Crippen molar-refractivity contribution in [3.63, 3.8) is 0 Å². The molecule has 1 rings (SSSR count). The van der Waals surface area contributed by atoms with E-state index in [2.05, 4.69) is 40.5 Å². The summed E-state index contributed by atoms with van der Waals surface area (Å²) in [5.74, 6) is 1.73. The summed E-state index contributed by atoms with van der Waals surface area (Å²) < 4.78 is 0.845. The zero-order chi connectivity index (χ0) is 12.0. The molecule has 0 amide bonds. The lowest BCUT2D eigenvalue weighted by atomic mass is 10.1. The van der Waals surface area contributed by atoms with Gasteiger partial charge in [0.15, 0.2) is 0 Å². The highest BCUT2D eigenvalue weighted by Crippen LogP contribution is 2.24. The monoisotopic (exact) mass is 298 g/mol. The van der Waals surface area contributed by atoms with Gasteiger partial charge in [0, 0.05) is 11.0 Å². The van der Waals surface area contributed by atoms with Crippen LogP contribution in [0, 0.1) is 17.2 Å². The first-order valence-electron chi connectivity index (χ1n) is 5.10. The molecule has 0 saturated carbocycles. The van der Waals surface area contributed by atoms with Gasteiger partial charge >= 0.3 is 0 Å². The third-order valence-electron chi connectivity index (χ3n) is 2.22. The number of nitrogens with zero attached hydrogens (tertiary/aromatic N) is 1. The maximum atomic E-state index is 9.04. The molecule has 2 nitrogen and oxygen atoms in total. The molecule has 1 aromatic carbocycles. The molecule has 0 spiro atoms. The van der Waals surface area contributed by atoms with Crippen LogP contribution in [0.4, 0.5) is 5.69 Å². The third kappa shape index (κ3) is 3.73. The number of hydrogen-bond acceptors (Lipinski definition) is 3. The average molecular weight is 299 g/mol. The van der Waals surface area contributed by atoms with E-state index in [-0.39, 0.29) is 0 Å². The van der Waals surface area contributed by atoms with Crippen molar-refractivity contribution in [3.05, 3.63) is 28.2 Å². The molecular weight excluding hydrogens is 284 g/mol. The molecule has 0 fully saturated rings. The van der Waals surface area contributed by atoms with Crippen LogP contribution in [-0.4, -0.2) is 18.6 Å². The maximum absolute atomic E-state index is 9.04. The van der Waals surface area contributed by atoms with Gasteiger partial charge in [0.25, 0.3) is 0 Å². The van der Waals surface area contributed by atoms with Crippen molar-refractivity contribution in [2.24, 2.45) is 5.92 Å². The summed E-state index contributed by atoms with van der Waals surface area (Å²) >= 11 is 5.22. The fraction of sp³-hybridized carbons (Fsp3) is 0.417. The van der Waals surface area contributed by atoms with E-state index in [1.807, 2.05) is 30.0 Å². The van der Waals surface area contributed by atoms with Gasteiger partial charge in [-0.25, -0.2) is 0 Å². The van der Waals surface area contributed by atoms with E-state index in [4.69, 9.17) is 5.26 Å². The SMILES string of the molecule is CSCC(C)CNc1cccc(Br)c1C#N. The Bertz CT molecular complexity index is 387. The minimum Gasteiger partial charge on any atom is -0.384 e. The molecule has 0 aliphatic carbocycles. The van der Waals surface area contributed by atoms with Crippen LogP contribution in [0.2, 0.25) is 0 Å². The molecule has 0 aliphatic rings. The van der Waals surface area contributed by atoms with E-state index in [0.29, 0.717) is 11.5 Å².